The average molecular weight is 226 g/mol. The van der Waals surface area contributed by atoms with Crippen LogP contribution in [0.3, 0.4) is 0 Å². The Morgan fingerprint density at radius 2 is 2.00 bits per heavy atom. The Kier molecular flexibility index (Phi) is 2.04. The molecule has 3 aromatic rings. The van der Waals surface area contributed by atoms with Crippen LogP contribution in [0.15, 0.2) is 35.4 Å². The van der Waals surface area contributed by atoms with Crippen molar-refractivity contribution in [1.82, 2.24) is 19.9 Å². The summed E-state index contributed by atoms with van der Waals surface area (Å²) in [7, 11) is 0. The number of imidazole rings is 1. The normalized spacial score (nSPS) is 10.9. The van der Waals surface area contributed by atoms with Crippen molar-refractivity contribution in [3.63, 3.8) is 0 Å². The Balaban J connectivity index is 2.20. The van der Waals surface area contributed by atoms with Gasteiger partial charge in [-0.05, 0) is 19.1 Å². The van der Waals surface area contributed by atoms with Crippen LogP contribution in [0.2, 0.25) is 0 Å². The Hall–Kier alpha value is -2.43. The number of aryl methyl sites for hydroxylation is 1. The Morgan fingerprint density at radius 3 is 2.76 bits per heavy atom. The van der Waals surface area contributed by atoms with E-state index in [1.165, 1.54) is 6.20 Å². The van der Waals surface area contributed by atoms with Crippen molar-refractivity contribution in [3.05, 3.63) is 46.8 Å². The number of aromatic nitrogens is 4. The predicted octanol–water partition coefficient (Wildman–Crippen LogP) is 1.62. The van der Waals surface area contributed by atoms with E-state index in [-0.39, 0.29) is 5.56 Å². The number of hydrogen-bond donors (Lipinski definition) is 2. The van der Waals surface area contributed by atoms with Crippen molar-refractivity contribution in [1.29, 1.82) is 0 Å². The minimum Gasteiger partial charge on any atom is -0.342 e. The molecule has 0 fully saturated rings. The molecule has 0 saturated carbocycles. The number of aromatic amines is 2. The summed E-state index contributed by atoms with van der Waals surface area (Å²) in [6.07, 6.45) is 3.06. The minimum absolute atomic E-state index is 0.192. The van der Waals surface area contributed by atoms with Crippen LogP contribution in [0, 0.1) is 6.92 Å². The molecule has 0 aliphatic carbocycles. The van der Waals surface area contributed by atoms with Gasteiger partial charge in [-0.3, -0.25) is 4.79 Å². The molecule has 0 bridgehead atoms. The first kappa shape index (κ1) is 9.77. The molecule has 1 aromatic carbocycles. The van der Waals surface area contributed by atoms with Crippen molar-refractivity contribution < 1.29 is 0 Å². The van der Waals surface area contributed by atoms with E-state index in [9.17, 15) is 4.79 Å². The SMILES string of the molecule is Cc1ncc(-c2ccc3[nH]c(=O)cnc3c2)[nH]1. The van der Waals surface area contributed by atoms with Crippen LogP contribution in [0.4, 0.5) is 0 Å². The van der Waals surface area contributed by atoms with E-state index in [0.717, 1.165) is 28.1 Å². The molecule has 84 valence electrons. The molecule has 5 heteroatoms. The van der Waals surface area contributed by atoms with E-state index in [0.29, 0.717) is 0 Å². The second-order valence-electron chi connectivity index (χ2n) is 3.86. The summed E-state index contributed by atoms with van der Waals surface area (Å²) in [6.45, 7) is 1.90. The first-order valence-corrected chi connectivity index (χ1v) is 5.23. The molecule has 0 unspecified atom stereocenters. The molecular formula is C12H10N4O. The number of nitrogens with zero attached hydrogens (tertiary/aromatic N) is 2. The van der Waals surface area contributed by atoms with Crippen LogP contribution in [0.1, 0.15) is 5.82 Å². The topological polar surface area (TPSA) is 74.4 Å². The van der Waals surface area contributed by atoms with Crippen molar-refractivity contribution in [2.45, 2.75) is 6.92 Å². The summed E-state index contributed by atoms with van der Waals surface area (Å²) in [6, 6.07) is 5.68. The molecule has 0 atom stereocenters. The number of nitrogens with one attached hydrogen (secondary N) is 2. The first-order valence-electron chi connectivity index (χ1n) is 5.23. The lowest BCUT2D eigenvalue weighted by Gasteiger charge is -2.00. The van der Waals surface area contributed by atoms with Crippen LogP contribution in [-0.4, -0.2) is 19.9 Å². The number of rotatable bonds is 1. The van der Waals surface area contributed by atoms with Gasteiger partial charge in [0.05, 0.1) is 29.1 Å². The lowest BCUT2D eigenvalue weighted by molar-refractivity contribution is 1.15. The summed E-state index contributed by atoms with van der Waals surface area (Å²) in [5, 5.41) is 0. The van der Waals surface area contributed by atoms with Gasteiger partial charge >= 0.3 is 0 Å². The van der Waals surface area contributed by atoms with Gasteiger partial charge in [-0.15, -0.1) is 0 Å². The number of H-pyrrole nitrogens is 2. The highest BCUT2D eigenvalue weighted by molar-refractivity contribution is 5.79. The standard InChI is InChI=1S/C12H10N4O/c1-7-13-5-11(15-7)8-2-3-9-10(4-8)14-6-12(17)16-9/h2-6H,1H3,(H,13,15)(H,16,17). The Morgan fingerprint density at radius 1 is 1.12 bits per heavy atom. The fraction of sp³-hybridized carbons (Fsp3) is 0.0833. The molecule has 5 nitrogen and oxygen atoms in total. The summed E-state index contributed by atoms with van der Waals surface area (Å²) < 4.78 is 0. The second-order valence-corrected chi connectivity index (χ2v) is 3.86. The van der Waals surface area contributed by atoms with Gasteiger partial charge in [0.2, 0.25) is 0 Å². The summed E-state index contributed by atoms with van der Waals surface area (Å²) in [4.78, 5) is 25.2. The monoisotopic (exact) mass is 226 g/mol. The predicted molar refractivity (Wildman–Crippen MR) is 64.7 cm³/mol. The maximum Gasteiger partial charge on any atom is 0.266 e. The molecule has 0 amide bonds. The third-order valence-corrected chi connectivity index (χ3v) is 2.59. The van der Waals surface area contributed by atoms with Crippen LogP contribution in [0.25, 0.3) is 22.3 Å². The van der Waals surface area contributed by atoms with Gasteiger partial charge < -0.3 is 9.97 Å². The van der Waals surface area contributed by atoms with E-state index in [1.807, 2.05) is 25.1 Å². The molecule has 2 N–H and O–H groups in total. The summed E-state index contributed by atoms with van der Waals surface area (Å²) >= 11 is 0. The van der Waals surface area contributed by atoms with Crippen LogP contribution in [0.5, 0.6) is 0 Å². The highest BCUT2D eigenvalue weighted by Gasteiger charge is 2.03. The number of benzene rings is 1. The molecule has 0 spiro atoms. The van der Waals surface area contributed by atoms with Crippen LogP contribution in [-0.2, 0) is 0 Å². The van der Waals surface area contributed by atoms with Gasteiger partial charge in [0, 0.05) is 5.56 Å². The van der Waals surface area contributed by atoms with E-state index < -0.39 is 0 Å². The van der Waals surface area contributed by atoms with Crippen LogP contribution < -0.4 is 5.56 Å². The largest absolute Gasteiger partial charge is 0.342 e. The molecule has 2 aromatic heterocycles. The van der Waals surface area contributed by atoms with E-state index in [4.69, 9.17) is 0 Å². The fourth-order valence-corrected chi connectivity index (χ4v) is 1.77. The zero-order valence-corrected chi connectivity index (χ0v) is 9.19. The minimum atomic E-state index is -0.192. The van der Waals surface area contributed by atoms with Crippen molar-refractivity contribution in [3.8, 4) is 11.3 Å². The van der Waals surface area contributed by atoms with Gasteiger partial charge in [0.25, 0.3) is 5.56 Å². The third-order valence-electron chi connectivity index (χ3n) is 2.59. The van der Waals surface area contributed by atoms with Crippen molar-refractivity contribution in [2.75, 3.05) is 0 Å². The Bertz CT molecular complexity index is 741. The maximum atomic E-state index is 11.1. The van der Waals surface area contributed by atoms with Gasteiger partial charge in [-0.1, -0.05) is 6.07 Å². The zero-order valence-electron chi connectivity index (χ0n) is 9.19. The van der Waals surface area contributed by atoms with Crippen molar-refractivity contribution in [2.24, 2.45) is 0 Å². The maximum absolute atomic E-state index is 11.1. The molecule has 0 aliphatic rings. The zero-order chi connectivity index (χ0) is 11.8. The van der Waals surface area contributed by atoms with Crippen molar-refractivity contribution >= 4 is 11.0 Å². The lowest BCUT2D eigenvalue weighted by atomic mass is 10.1. The second kappa shape index (κ2) is 3.55. The summed E-state index contributed by atoms with van der Waals surface area (Å²) in [5.74, 6) is 0.870. The quantitative estimate of drug-likeness (QED) is 0.662. The lowest BCUT2D eigenvalue weighted by Crippen LogP contribution is -2.04. The summed E-state index contributed by atoms with van der Waals surface area (Å²) in [5.41, 5.74) is 3.24. The van der Waals surface area contributed by atoms with E-state index in [2.05, 4.69) is 19.9 Å². The van der Waals surface area contributed by atoms with E-state index in [1.54, 1.807) is 6.20 Å². The molecule has 0 aliphatic heterocycles. The molecular weight excluding hydrogens is 216 g/mol. The highest BCUT2D eigenvalue weighted by atomic mass is 16.1. The third kappa shape index (κ3) is 1.71. The molecule has 3 rings (SSSR count). The fourth-order valence-electron chi connectivity index (χ4n) is 1.77. The van der Waals surface area contributed by atoms with Gasteiger partial charge in [-0.2, -0.15) is 0 Å². The average Bonchev–Trinajstić information content (AvgIpc) is 2.75. The molecule has 2 heterocycles. The number of fused-ring (bicyclic) bond motifs is 1. The molecule has 0 radical (unpaired) electrons. The van der Waals surface area contributed by atoms with E-state index >= 15 is 0 Å². The van der Waals surface area contributed by atoms with Gasteiger partial charge in [0.15, 0.2) is 0 Å². The van der Waals surface area contributed by atoms with Gasteiger partial charge in [-0.25, -0.2) is 9.97 Å². The highest BCUT2D eigenvalue weighted by Crippen LogP contribution is 2.20. The smallest absolute Gasteiger partial charge is 0.266 e. The van der Waals surface area contributed by atoms with Gasteiger partial charge in [0.1, 0.15) is 5.82 Å². The molecule has 0 saturated heterocycles. The van der Waals surface area contributed by atoms with Crippen LogP contribution >= 0.6 is 0 Å². The Labute approximate surface area is 96.6 Å². The first-order chi connectivity index (χ1) is 8.22. The molecule has 17 heavy (non-hydrogen) atoms. The number of hydrogen-bond acceptors (Lipinski definition) is 3.